The Bertz CT molecular complexity index is 652. The van der Waals surface area contributed by atoms with Gasteiger partial charge in [0, 0.05) is 19.1 Å². The molecule has 2 atom stereocenters. The van der Waals surface area contributed by atoms with Crippen LogP contribution in [0.5, 0.6) is 0 Å². The standard InChI is InChI=1S/C28H41NO/c1-23(2)18-19-28(30)27(20-24-12-6-3-7-13-24)29(21-25-14-8-4-9-15-25)22-26-16-10-5-11-17-26/h4-5,8-11,14-17,23-24,27-28,30H,3,6-7,12-13,18-22H2,1-2H3. The lowest BCUT2D eigenvalue weighted by molar-refractivity contribution is 0.0149. The number of hydrogen-bond acceptors (Lipinski definition) is 2. The van der Waals surface area contributed by atoms with Gasteiger partial charge in [0.05, 0.1) is 6.10 Å². The van der Waals surface area contributed by atoms with Gasteiger partial charge in [-0.2, -0.15) is 0 Å². The molecule has 0 radical (unpaired) electrons. The molecule has 2 aromatic rings. The van der Waals surface area contributed by atoms with Crippen LogP contribution in [0.25, 0.3) is 0 Å². The zero-order valence-electron chi connectivity index (χ0n) is 19.0. The zero-order valence-corrected chi connectivity index (χ0v) is 19.0. The average Bonchev–Trinajstić information content (AvgIpc) is 2.77. The zero-order chi connectivity index (χ0) is 21.2. The Morgan fingerprint density at radius 2 is 1.33 bits per heavy atom. The number of aliphatic hydroxyl groups is 1. The highest BCUT2D eigenvalue weighted by atomic mass is 16.3. The van der Waals surface area contributed by atoms with Gasteiger partial charge in [-0.3, -0.25) is 4.90 Å². The van der Waals surface area contributed by atoms with E-state index in [0.29, 0.717) is 5.92 Å². The summed E-state index contributed by atoms with van der Waals surface area (Å²) in [4.78, 5) is 2.56. The van der Waals surface area contributed by atoms with Gasteiger partial charge in [-0.05, 0) is 42.2 Å². The molecule has 2 aromatic carbocycles. The fraction of sp³-hybridized carbons (Fsp3) is 0.571. The molecule has 1 fully saturated rings. The van der Waals surface area contributed by atoms with Crippen LogP contribution >= 0.6 is 0 Å². The molecule has 2 nitrogen and oxygen atoms in total. The van der Waals surface area contributed by atoms with E-state index in [0.717, 1.165) is 38.3 Å². The van der Waals surface area contributed by atoms with E-state index in [4.69, 9.17) is 0 Å². The SMILES string of the molecule is CC(C)CCC(O)C(CC1CCCCC1)N(Cc1ccccc1)Cc1ccccc1. The van der Waals surface area contributed by atoms with E-state index >= 15 is 0 Å². The van der Waals surface area contributed by atoms with Crippen molar-refractivity contribution in [3.63, 3.8) is 0 Å². The highest BCUT2D eigenvalue weighted by molar-refractivity contribution is 5.17. The number of rotatable bonds is 11. The summed E-state index contributed by atoms with van der Waals surface area (Å²) in [6.45, 7) is 6.31. The maximum Gasteiger partial charge on any atom is 0.0695 e. The first-order valence-electron chi connectivity index (χ1n) is 12.1. The topological polar surface area (TPSA) is 23.5 Å². The molecular weight excluding hydrogens is 366 g/mol. The molecule has 1 aliphatic rings. The molecule has 164 valence electrons. The van der Waals surface area contributed by atoms with Crippen LogP contribution in [-0.2, 0) is 13.1 Å². The Hall–Kier alpha value is -1.64. The van der Waals surface area contributed by atoms with E-state index in [-0.39, 0.29) is 12.1 Å². The van der Waals surface area contributed by atoms with E-state index in [9.17, 15) is 5.11 Å². The largest absolute Gasteiger partial charge is 0.391 e. The normalized spacial score (nSPS) is 17.4. The van der Waals surface area contributed by atoms with E-state index < -0.39 is 0 Å². The molecule has 1 aliphatic carbocycles. The van der Waals surface area contributed by atoms with Crippen molar-refractivity contribution in [2.24, 2.45) is 11.8 Å². The van der Waals surface area contributed by atoms with Crippen molar-refractivity contribution in [2.45, 2.75) is 90.4 Å². The Kier molecular flexibility index (Phi) is 9.42. The fourth-order valence-corrected chi connectivity index (χ4v) is 4.94. The summed E-state index contributed by atoms with van der Waals surface area (Å²) >= 11 is 0. The fourth-order valence-electron chi connectivity index (χ4n) is 4.94. The monoisotopic (exact) mass is 407 g/mol. The van der Waals surface area contributed by atoms with Crippen LogP contribution in [0.15, 0.2) is 60.7 Å². The van der Waals surface area contributed by atoms with Crippen LogP contribution in [0.4, 0.5) is 0 Å². The van der Waals surface area contributed by atoms with Crippen molar-refractivity contribution in [1.82, 2.24) is 4.90 Å². The molecule has 0 heterocycles. The molecule has 0 saturated heterocycles. The molecule has 3 rings (SSSR count). The van der Waals surface area contributed by atoms with Gasteiger partial charge in [-0.25, -0.2) is 0 Å². The predicted octanol–water partition coefficient (Wildman–Crippen LogP) is 6.82. The Morgan fingerprint density at radius 1 is 0.800 bits per heavy atom. The van der Waals surface area contributed by atoms with E-state index in [2.05, 4.69) is 79.4 Å². The number of nitrogens with zero attached hydrogens (tertiary/aromatic N) is 1. The van der Waals surface area contributed by atoms with Crippen LogP contribution in [0, 0.1) is 11.8 Å². The van der Waals surface area contributed by atoms with E-state index in [1.54, 1.807) is 0 Å². The first kappa shape index (κ1) is 23.0. The lowest BCUT2D eigenvalue weighted by atomic mass is 9.82. The molecule has 30 heavy (non-hydrogen) atoms. The van der Waals surface area contributed by atoms with Crippen LogP contribution in [-0.4, -0.2) is 22.2 Å². The highest BCUT2D eigenvalue weighted by Gasteiger charge is 2.30. The summed E-state index contributed by atoms with van der Waals surface area (Å²) in [6, 6.07) is 21.8. The van der Waals surface area contributed by atoms with Gasteiger partial charge < -0.3 is 5.11 Å². The third-order valence-electron chi connectivity index (χ3n) is 6.71. The Labute approximate surface area is 184 Å². The molecule has 0 bridgehead atoms. The smallest absolute Gasteiger partial charge is 0.0695 e. The maximum absolute atomic E-state index is 11.4. The minimum atomic E-state index is -0.262. The summed E-state index contributed by atoms with van der Waals surface area (Å²) in [6.07, 6.45) is 9.61. The second-order valence-electron chi connectivity index (χ2n) is 9.72. The minimum absolute atomic E-state index is 0.215. The average molecular weight is 408 g/mol. The van der Waals surface area contributed by atoms with Crippen molar-refractivity contribution in [3.05, 3.63) is 71.8 Å². The summed E-state index contributed by atoms with van der Waals surface area (Å²) in [5.41, 5.74) is 2.66. The van der Waals surface area contributed by atoms with Gasteiger partial charge in [0.25, 0.3) is 0 Å². The van der Waals surface area contributed by atoms with Gasteiger partial charge >= 0.3 is 0 Å². The van der Waals surface area contributed by atoms with Gasteiger partial charge in [0.15, 0.2) is 0 Å². The molecule has 0 amide bonds. The number of benzene rings is 2. The summed E-state index contributed by atoms with van der Waals surface area (Å²) in [5.74, 6) is 1.39. The maximum atomic E-state index is 11.4. The second-order valence-corrected chi connectivity index (χ2v) is 9.72. The van der Waals surface area contributed by atoms with Crippen LogP contribution in [0.3, 0.4) is 0 Å². The van der Waals surface area contributed by atoms with Crippen molar-refractivity contribution in [3.8, 4) is 0 Å². The van der Waals surface area contributed by atoms with Gasteiger partial charge in [0.1, 0.15) is 0 Å². The first-order chi connectivity index (χ1) is 14.6. The first-order valence-corrected chi connectivity index (χ1v) is 12.1. The third kappa shape index (κ3) is 7.56. The molecular formula is C28H41NO. The summed E-state index contributed by atoms with van der Waals surface area (Å²) in [5, 5.41) is 11.4. The summed E-state index contributed by atoms with van der Waals surface area (Å²) < 4.78 is 0. The number of aliphatic hydroxyl groups excluding tert-OH is 1. The Morgan fingerprint density at radius 3 is 1.83 bits per heavy atom. The van der Waals surface area contributed by atoms with Gasteiger partial charge in [-0.1, -0.05) is 107 Å². The Balaban J connectivity index is 1.82. The third-order valence-corrected chi connectivity index (χ3v) is 6.71. The lowest BCUT2D eigenvalue weighted by Crippen LogP contribution is -2.44. The molecule has 2 heteroatoms. The minimum Gasteiger partial charge on any atom is -0.391 e. The molecule has 0 spiro atoms. The van der Waals surface area contributed by atoms with Crippen LogP contribution in [0.2, 0.25) is 0 Å². The summed E-state index contributed by atoms with van der Waals surface area (Å²) in [7, 11) is 0. The second kappa shape index (κ2) is 12.3. The quantitative estimate of drug-likeness (QED) is 0.441. The number of hydrogen-bond donors (Lipinski definition) is 1. The van der Waals surface area contributed by atoms with Crippen molar-refractivity contribution >= 4 is 0 Å². The van der Waals surface area contributed by atoms with Gasteiger partial charge in [0.2, 0.25) is 0 Å². The van der Waals surface area contributed by atoms with Crippen LogP contribution in [0.1, 0.15) is 76.3 Å². The van der Waals surface area contributed by atoms with E-state index in [1.165, 1.54) is 43.2 Å². The van der Waals surface area contributed by atoms with E-state index in [1.807, 2.05) is 0 Å². The van der Waals surface area contributed by atoms with Crippen molar-refractivity contribution < 1.29 is 5.11 Å². The molecule has 1 saturated carbocycles. The van der Waals surface area contributed by atoms with Crippen molar-refractivity contribution in [2.75, 3.05) is 0 Å². The molecule has 2 unspecified atom stereocenters. The molecule has 0 aliphatic heterocycles. The van der Waals surface area contributed by atoms with Crippen molar-refractivity contribution in [1.29, 1.82) is 0 Å². The van der Waals surface area contributed by atoms with Crippen LogP contribution < -0.4 is 0 Å². The predicted molar refractivity (Wildman–Crippen MR) is 127 cm³/mol. The van der Waals surface area contributed by atoms with Gasteiger partial charge in [-0.15, -0.1) is 0 Å². The highest BCUT2D eigenvalue weighted by Crippen LogP contribution is 2.32. The molecule has 1 N–H and O–H groups in total. The molecule has 0 aromatic heterocycles. The lowest BCUT2D eigenvalue weighted by Gasteiger charge is -2.38.